The molecule has 126 valence electrons. The third-order valence-corrected chi connectivity index (χ3v) is 3.53. The zero-order valence-corrected chi connectivity index (χ0v) is 13.6. The number of methoxy groups -OCH3 is 1. The van der Waals surface area contributed by atoms with Crippen LogP contribution in [-0.4, -0.2) is 18.1 Å². The fourth-order valence-electron chi connectivity index (χ4n) is 2.26. The third kappa shape index (κ3) is 4.09. The number of phenols is 1. The molecule has 25 heavy (non-hydrogen) atoms. The van der Waals surface area contributed by atoms with Crippen molar-refractivity contribution >= 4 is 11.6 Å². The van der Waals surface area contributed by atoms with E-state index >= 15 is 0 Å². The summed E-state index contributed by atoms with van der Waals surface area (Å²) >= 11 is 0. The van der Waals surface area contributed by atoms with Crippen LogP contribution >= 0.6 is 0 Å². The number of nitrogens with one attached hydrogen (secondary N) is 1. The van der Waals surface area contributed by atoms with Gasteiger partial charge in [0, 0.05) is 11.6 Å². The molecule has 1 amide bonds. The zero-order chi connectivity index (χ0) is 17.6. The van der Waals surface area contributed by atoms with Gasteiger partial charge >= 0.3 is 0 Å². The molecule has 0 atom stereocenters. The molecule has 0 bridgehead atoms. The zero-order valence-electron chi connectivity index (χ0n) is 13.6. The van der Waals surface area contributed by atoms with Crippen LogP contribution in [0.25, 0.3) is 0 Å². The highest BCUT2D eigenvalue weighted by atomic mass is 16.5. The summed E-state index contributed by atoms with van der Waals surface area (Å²) in [5, 5.41) is 12.5. The number of hydrogen-bond acceptors (Lipinski definition) is 4. The van der Waals surface area contributed by atoms with E-state index < -0.39 is 0 Å². The van der Waals surface area contributed by atoms with Gasteiger partial charge in [0.05, 0.1) is 12.8 Å². The Labute approximate surface area is 145 Å². The van der Waals surface area contributed by atoms with Crippen LogP contribution < -0.4 is 14.8 Å². The van der Waals surface area contributed by atoms with Gasteiger partial charge in [0.2, 0.25) is 0 Å². The number of aromatic hydroxyl groups is 1. The highest BCUT2D eigenvalue weighted by Crippen LogP contribution is 2.29. The van der Waals surface area contributed by atoms with E-state index in [2.05, 4.69) is 5.32 Å². The van der Waals surface area contributed by atoms with Gasteiger partial charge < -0.3 is 19.9 Å². The van der Waals surface area contributed by atoms with Gasteiger partial charge in [0.25, 0.3) is 5.91 Å². The van der Waals surface area contributed by atoms with Gasteiger partial charge in [-0.3, -0.25) is 4.79 Å². The minimum atomic E-state index is -0.359. The van der Waals surface area contributed by atoms with E-state index in [-0.39, 0.29) is 17.3 Å². The molecule has 0 spiro atoms. The Bertz CT molecular complexity index is 878. The lowest BCUT2D eigenvalue weighted by Gasteiger charge is -2.10. The average molecular weight is 335 g/mol. The molecule has 0 unspecified atom stereocenters. The van der Waals surface area contributed by atoms with Gasteiger partial charge in [-0.15, -0.1) is 0 Å². The molecule has 3 aromatic carbocycles. The fraction of sp³-hybridized carbons (Fsp3) is 0.0500. The molecular formula is C20H17NO4. The Morgan fingerprint density at radius 2 is 1.64 bits per heavy atom. The summed E-state index contributed by atoms with van der Waals surface area (Å²) in [4.78, 5) is 12.5. The number of carbonyl (C=O) groups excluding carboxylic acids is 1. The topological polar surface area (TPSA) is 67.8 Å². The van der Waals surface area contributed by atoms with Gasteiger partial charge in [0.15, 0.2) is 0 Å². The fourth-order valence-corrected chi connectivity index (χ4v) is 2.26. The molecule has 0 saturated heterocycles. The second-order valence-corrected chi connectivity index (χ2v) is 5.28. The van der Waals surface area contributed by atoms with Crippen molar-refractivity contribution in [2.45, 2.75) is 0 Å². The van der Waals surface area contributed by atoms with Crippen molar-refractivity contribution < 1.29 is 19.4 Å². The van der Waals surface area contributed by atoms with Gasteiger partial charge in [-0.25, -0.2) is 0 Å². The van der Waals surface area contributed by atoms with E-state index in [1.54, 1.807) is 36.4 Å². The van der Waals surface area contributed by atoms with Gasteiger partial charge in [-0.2, -0.15) is 0 Å². The summed E-state index contributed by atoms with van der Waals surface area (Å²) in [6, 6.07) is 20.8. The molecule has 0 heterocycles. The normalized spacial score (nSPS) is 10.1. The van der Waals surface area contributed by atoms with Crippen LogP contribution in [0.3, 0.4) is 0 Å². The Morgan fingerprint density at radius 3 is 2.40 bits per heavy atom. The second-order valence-electron chi connectivity index (χ2n) is 5.28. The highest BCUT2D eigenvalue weighted by Gasteiger charge is 2.11. The van der Waals surface area contributed by atoms with Crippen LogP contribution in [0.15, 0.2) is 72.8 Å². The Morgan fingerprint density at radius 1 is 0.880 bits per heavy atom. The molecule has 0 aliphatic rings. The highest BCUT2D eigenvalue weighted by molar-refractivity contribution is 6.05. The first-order valence-corrected chi connectivity index (χ1v) is 7.67. The van der Waals surface area contributed by atoms with Crippen LogP contribution in [-0.2, 0) is 0 Å². The van der Waals surface area contributed by atoms with Crippen molar-refractivity contribution in [1.82, 2.24) is 0 Å². The number of benzene rings is 3. The largest absolute Gasteiger partial charge is 0.506 e. The van der Waals surface area contributed by atoms with Gasteiger partial charge in [-0.1, -0.05) is 24.3 Å². The molecule has 2 N–H and O–H groups in total. The minimum Gasteiger partial charge on any atom is -0.506 e. The molecule has 0 aliphatic carbocycles. The van der Waals surface area contributed by atoms with Crippen LogP contribution in [0, 0.1) is 0 Å². The van der Waals surface area contributed by atoms with Crippen LogP contribution in [0.2, 0.25) is 0 Å². The van der Waals surface area contributed by atoms with Crippen molar-refractivity contribution in [2.24, 2.45) is 0 Å². The number of ether oxygens (including phenoxy) is 2. The number of rotatable bonds is 5. The lowest BCUT2D eigenvalue weighted by atomic mass is 10.2. The Balaban J connectivity index is 1.78. The van der Waals surface area contributed by atoms with Crippen molar-refractivity contribution in [1.29, 1.82) is 0 Å². The quantitative estimate of drug-likeness (QED) is 0.676. The summed E-state index contributed by atoms with van der Waals surface area (Å²) in [6.07, 6.45) is 0. The summed E-state index contributed by atoms with van der Waals surface area (Å²) in [7, 11) is 1.52. The van der Waals surface area contributed by atoms with E-state index in [1.165, 1.54) is 13.2 Å². The summed E-state index contributed by atoms with van der Waals surface area (Å²) in [6.45, 7) is 0. The standard InChI is InChI=1S/C20H17NO4/c1-24-16-10-11-19(22)18(13-16)21-20(23)14-6-5-9-17(12-14)25-15-7-3-2-4-8-15/h2-13,22H,1H3,(H,21,23). The lowest BCUT2D eigenvalue weighted by molar-refractivity contribution is 0.102. The maximum Gasteiger partial charge on any atom is 0.255 e. The molecule has 0 fully saturated rings. The van der Waals surface area contributed by atoms with Crippen molar-refractivity contribution in [3.63, 3.8) is 0 Å². The second kappa shape index (κ2) is 7.40. The summed E-state index contributed by atoms with van der Waals surface area (Å²) < 4.78 is 10.8. The first-order valence-electron chi connectivity index (χ1n) is 7.67. The number of para-hydroxylation sites is 1. The number of amides is 1. The van der Waals surface area contributed by atoms with Gasteiger partial charge in [0.1, 0.15) is 23.0 Å². The molecule has 0 aromatic heterocycles. The molecular weight excluding hydrogens is 318 g/mol. The molecule has 5 nitrogen and oxygen atoms in total. The van der Waals surface area contributed by atoms with E-state index in [1.807, 2.05) is 30.3 Å². The van der Waals surface area contributed by atoms with E-state index in [0.717, 1.165) is 0 Å². The number of carbonyl (C=O) groups is 1. The van der Waals surface area contributed by atoms with Crippen molar-refractivity contribution in [3.8, 4) is 23.0 Å². The number of anilines is 1. The molecule has 0 saturated carbocycles. The Hall–Kier alpha value is -3.47. The summed E-state index contributed by atoms with van der Waals surface area (Å²) in [5.74, 6) is 1.38. The number of hydrogen-bond donors (Lipinski definition) is 2. The van der Waals surface area contributed by atoms with E-state index in [9.17, 15) is 9.90 Å². The van der Waals surface area contributed by atoms with Crippen molar-refractivity contribution in [3.05, 3.63) is 78.4 Å². The maximum absolute atomic E-state index is 12.5. The predicted molar refractivity (Wildman–Crippen MR) is 95.6 cm³/mol. The van der Waals surface area contributed by atoms with E-state index in [0.29, 0.717) is 22.8 Å². The first-order chi connectivity index (χ1) is 12.2. The van der Waals surface area contributed by atoms with Crippen LogP contribution in [0.4, 0.5) is 5.69 Å². The van der Waals surface area contributed by atoms with Crippen LogP contribution in [0.5, 0.6) is 23.0 Å². The Kier molecular flexibility index (Phi) is 4.85. The van der Waals surface area contributed by atoms with Crippen LogP contribution in [0.1, 0.15) is 10.4 Å². The van der Waals surface area contributed by atoms with E-state index in [4.69, 9.17) is 9.47 Å². The maximum atomic E-state index is 12.5. The smallest absolute Gasteiger partial charge is 0.255 e. The molecule has 0 aliphatic heterocycles. The minimum absolute atomic E-state index is 0.0363. The summed E-state index contributed by atoms with van der Waals surface area (Å²) in [5.41, 5.74) is 0.689. The molecule has 3 aromatic rings. The lowest BCUT2D eigenvalue weighted by Crippen LogP contribution is -2.12. The molecule has 0 radical (unpaired) electrons. The van der Waals surface area contributed by atoms with Gasteiger partial charge in [-0.05, 0) is 42.5 Å². The molecule has 5 heteroatoms. The monoisotopic (exact) mass is 335 g/mol. The SMILES string of the molecule is COc1ccc(O)c(NC(=O)c2cccc(Oc3ccccc3)c2)c1. The first kappa shape index (κ1) is 16.4. The van der Waals surface area contributed by atoms with Crippen molar-refractivity contribution in [2.75, 3.05) is 12.4 Å². The predicted octanol–water partition coefficient (Wildman–Crippen LogP) is 4.45. The molecule has 3 rings (SSSR count). The number of phenolic OH excluding ortho intramolecular Hbond substituents is 1. The third-order valence-electron chi connectivity index (χ3n) is 3.53. The average Bonchev–Trinajstić information content (AvgIpc) is 2.64.